The SMILES string of the molecule is CCC(N=C(N)N=C(N)N)C(C)c1ccccc1. The van der Waals surface area contributed by atoms with E-state index in [1.165, 1.54) is 5.56 Å². The van der Waals surface area contributed by atoms with Crippen LogP contribution in [0, 0.1) is 0 Å². The maximum absolute atomic E-state index is 5.67. The molecule has 0 aliphatic rings. The third kappa shape index (κ3) is 4.08. The molecule has 0 aliphatic carbocycles. The number of nitrogens with two attached hydrogens (primary N) is 3. The van der Waals surface area contributed by atoms with Gasteiger partial charge in [0.15, 0.2) is 5.96 Å². The Morgan fingerprint density at radius 2 is 1.78 bits per heavy atom. The van der Waals surface area contributed by atoms with Crippen LogP contribution in [0.15, 0.2) is 40.3 Å². The van der Waals surface area contributed by atoms with E-state index in [2.05, 4.69) is 36.0 Å². The summed E-state index contributed by atoms with van der Waals surface area (Å²) in [7, 11) is 0. The van der Waals surface area contributed by atoms with Gasteiger partial charge in [-0.2, -0.15) is 4.99 Å². The first-order valence-corrected chi connectivity index (χ1v) is 6.02. The Balaban J connectivity index is 2.87. The summed E-state index contributed by atoms with van der Waals surface area (Å²) in [5.41, 5.74) is 17.4. The molecule has 0 saturated heterocycles. The van der Waals surface area contributed by atoms with E-state index in [-0.39, 0.29) is 23.9 Å². The third-order valence-corrected chi connectivity index (χ3v) is 2.86. The van der Waals surface area contributed by atoms with Crippen molar-refractivity contribution < 1.29 is 0 Å². The topological polar surface area (TPSA) is 103 Å². The molecule has 5 heteroatoms. The smallest absolute Gasteiger partial charge is 0.218 e. The number of nitrogens with zero attached hydrogens (tertiary/aromatic N) is 2. The van der Waals surface area contributed by atoms with E-state index in [9.17, 15) is 0 Å². The molecule has 0 radical (unpaired) electrons. The quantitative estimate of drug-likeness (QED) is 0.549. The maximum Gasteiger partial charge on any atom is 0.218 e. The van der Waals surface area contributed by atoms with Crippen LogP contribution in [0.25, 0.3) is 0 Å². The minimum Gasteiger partial charge on any atom is -0.370 e. The molecule has 0 aliphatic heterocycles. The fourth-order valence-electron chi connectivity index (χ4n) is 1.87. The second-order valence-electron chi connectivity index (χ2n) is 4.20. The van der Waals surface area contributed by atoms with Crippen LogP contribution in [0.2, 0.25) is 0 Å². The molecule has 0 fully saturated rings. The monoisotopic (exact) mass is 247 g/mol. The van der Waals surface area contributed by atoms with E-state index in [1.54, 1.807) is 0 Å². The van der Waals surface area contributed by atoms with Gasteiger partial charge >= 0.3 is 0 Å². The van der Waals surface area contributed by atoms with Crippen LogP contribution in [-0.2, 0) is 0 Å². The lowest BCUT2D eigenvalue weighted by Gasteiger charge is -2.19. The molecule has 1 rings (SSSR count). The number of hydrogen-bond acceptors (Lipinski definition) is 1. The number of aliphatic imine (C=N–C) groups is 2. The predicted molar refractivity (Wildman–Crippen MR) is 76.4 cm³/mol. The lowest BCUT2D eigenvalue weighted by molar-refractivity contribution is 0.553. The molecular formula is C13H21N5. The largest absolute Gasteiger partial charge is 0.370 e. The van der Waals surface area contributed by atoms with E-state index in [1.807, 2.05) is 18.2 Å². The van der Waals surface area contributed by atoms with Crippen molar-refractivity contribution in [1.29, 1.82) is 0 Å². The zero-order valence-electron chi connectivity index (χ0n) is 10.9. The van der Waals surface area contributed by atoms with Crippen molar-refractivity contribution in [3.05, 3.63) is 35.9 Å². The van der Waals surface area contributed by atoms with Crippen LogP contribution in [-0.4, -0.2) is 18.0 Å². The lowest BCUT2D eigenvalue weighted by atomic mass is 9.92. The van der Waals surface area contributed by atoms with Crippen LogP contribution in [0.5, 0.6) is 0 Å². The van der Waals surface area contributed by atoms with Gasteiger partial charge in [0.25, 0.3) is 0 Å². The van der Waals surface area contributed by atoms with Crippen molar-refractivity contribution in [3.63, 3.8) is 0 Å². The predicted octanol–water partition coefficient (Wildman–Crippen LogP) is 1.16. The minimum absolute atomic E-state index is 0.0653. The fraction of sp³-hybridized carbons (Fsp3) is 0.385. The van der Waals surface area contributed by atoms with Crippen LogP contribution >= 0.6 is 0 Å². The average Bonchev–Trinajstić information content (AvgIpc) is 2.35. The molecule has 0 bridgehead atoms. The van der Waals surface area contributed by atoms with Gasteiger partial charge in [0, 0.05) is 5.92 Å². The lowest BCUT2D eigenvalue weighted by Crippen LogP contribution is -2.27. The van der Waals surface area contributed by atoms with E-state index in [4.69, 9.17) is 17.2 Å². The summed E-state index contributed by atoms with van der Waals surface area (Å²) in [5, 5.41) is 0. The summed E-state index contributed by atoms with van der Waals surface area (Å²) in [4.78, 5) is 8.10. The van der Waals surface area contributed by atoms with Crippen LogP contribution in [0.3, 0.4) is 0 Å². The molecule has 0 heterocycles. The summed E-state index contributed by atoms with van der Waals surface area (Å²) in [6.07, 6.45) is 0.872. The van der Waals surface area contributed by atoms with E-state index in [0.717, 1.165) is 6.42 Å². The van der Waals surface area contributed by atoms with Crippen molar-refractivity contribution in [2.75, 3.05) is 0 Å². The highest BCUT2D eigenvalue weighted by molar-refractivity contribution is 5.92. The third-order valence-electron chi connectivity index (χ3n) is 2.86. The van der Waals surface area contributed by atoms with Gasteiger partial charge in [-0.05, 0) is 12.0 Å². The van der Waals surface area contributed by atoms with Crippen molar-refractivity contribution in [2.45, 2.75) is 32.2 Å². The standard InChI is InChI=1S/C13H21N5/c1-3-11(17-13(16)18-12(14)15)9(2)10-7-5-4-6-8-10/h4-9,11H,3H2,1-2H3,(H6,14,15,16,17,18). The Kier molecular flexibility index (Phi) is 5.17. The number of guanidine groups is 2. The normalized spacial score (nSPS) is 14.9. The van der Waals surface area contributed by atoms with Crippen LogP contribution in [0.4, 0.5) is 0 Å². The minimum atomic E-state index is -0.0709. The highest BCUT2D eigenvalue weighted by Gasteiger charge is 2.16. The van der Waals surface area contributed by atoms with Crippen molar-refractivity contribution in [1.82, 2.24) is 0 Å². The van der Waals surface area contributed by atoms with Crippen LogP contribution in [0.1, 0.15) is 31.7 Å². The van der Waals surface area contributed by atoms with Gasteiger partial charge in [-0.25, -0.2) is 4.99 Å². The molecule has 0 saturated carbocycles. The molecule has 5 nitrogen and oxygen atoms in total. The van der Waals surface area contributed by atoms with Gasteiger partial charge < -0.3 is 17.2 Å². The van der Waals surface area contributed by atoms with E-state index in [0.29, 0.717) is 0 Å². The molecule has 0 amide bonds. The molecule has 0 spiro atoms. The van der Waals surface area contributed by atoms with Crippen LogP contribution < -0.4 is 17.2 Å². The Hall–Kier alpha value is -2.04. The van der Waals surface area contributed by atoms with Gasteiger partial charge in [-0.1, -0.05) is 44.2 Å². The number of rotatable bonds is 4. The first-order valence-electron chi connectivity index (χ1n) is 6.02. The zero-order valence-corrected chi connectivity index (χ0v) is 10.9. The summed E-state index contributed by atoms with van der Waals surface area (Å²) < 4.78 is 0. The molecule has 6 N–H and O–H groups in total. The Labute approximate surface area is 108 Å². The van der Waals surface area contributed by atoms with Crippen molar-refractivity contribution in [3.8, 4) is 0 Å². The molecule has 1 aromatic rings. The van der Waals surface area contributed by atoms with E-state index >= 15 is 0 Å². The van der Waals surface area contributed by atoms with Gasteiger partial charge in [-0.3, -0.25) is 0 Å². The first kappa shape index (κ1) is 14.0. The first-order chi connectivity index (χ1) is 8.54. The van der Waals surface area contributed by atoms with Gasteiger partial charge in [0.1, 0.15) is 0 Å². The zero-order chi connectivity index (χ0) is 13.5. The van der Waals surface area contributed by atoms with Crippen molar-refractivity contribution in [2.24, 2.45) is 27.2 Å². The highest BCUT2D eigenvalue weighted by Crippen LogP contribution is 2.23. The molecular weight excluding hydrogens is 226 g/mol. The van der Waals surface area contributed by atoms with Crippen molar-refractivity contribution >= 4 is 11.9 Å². The molecule has 18 heavy (non-hydrogen) atoms. The Morgan fingerprint density at radius 3 is 2.28 bits per heavy atom. The molecule has 2 atom stereocenters. The van der Waals surface area contributed by atoms with Gasteiger partial charge in [-0.15, -0.1) is 0 Å². The van der Waals surface area contributed by atoms with E-state index < -0.39 is 0 Å². The Morgan fingerprint density at radius 1 is 1.17 bits per heavy atom. The van der Waals surface area contributed by atoms with Gasteiger partial charge in [0.05, 0.1) is 6.04 Å². The molecule has 0 aromatic heterocycles. The Bertz CT molecular complexity index is 420. The summed E-state index contributed by atoms with van der Waals surface area (Å²) >= 11 is 0. The second-order valence-corrected chi connectivity index (χ2v) is 4.20. The summed E-state index contributed by atoms with van der Waals surface area (Å²) in [5.74, 6) is 0.326. The highest BCUT2D eigenvalue weighted by atomic mass is 15.1. The van der Waals surface area contributed by atoms with Gasteiger partial charge in [0.2, 0.25) is 5.96 Å². The molecule has 98 valence electrons. The maximum atomic E-state index is 5.67. The summed E-state index contributed by atoms with van der Waals surface area (Å²) in [6, 6.07) is 10.3. The average molecular weight is 247 g/mol. The second kappa shape index (κ2) is 6.64. The number of benzene rings is 1. The molecule has 1 aromatic carbocycles. The molecule has 2 unspecified atom stereocenters. The fourth-order valence-corrected chi connectivity index (χ4v) is 1.87. The number of hydrogen-bond donors (Lipinski definition) is 3. The summed E-state index contributed by atoms with van der Waals surface area (Å²) in [6.45, 7) is 4.19.